The van der Waals surface area contributed by atoms with Gasteiger partial charge in [0.2, 0.25) is 0 Å². The second kappa shape index (κ2) is 3.43. The van der Waals surface area contributed by atoms with E-state index in [0.717, 1.165) is 0 Å². The molecule has 0 atom stereocenters. The first-order chi connectivity index (χ1) is 5.73. The summed E-state index contributed by atoms with van der Waals surface area (Å²) in [6.07, 6.45) is 1.31. The van der Waals surface area contributed by atoms with Crippen LogP contribution in [0.2, 0.25) is 0 Å². The fourth-order valence-electron chi connectivity index (χ4n) is 1.18. The van der Waals surface area contributed by atoms with Crippen LogP contribution in [0, 0.1) is 0 Å². The number of carbonyl (C=O) groups is 1. The number of hydrogen-bond acceptors (Lipinski definition) is 2. The molecule has 0 aliphatic heterocycles. The summed E-state index contributed by atoms with van der Waals surface area (Å²) in [5.41, 5.74) is -0.421. The second-order valence-corrected chi connectivity index (χ2v) is 6.61. The molecule has 0 aromatic rings. The zero-order chi connectivity index (χ0) is 10.3. The minimum atomic E-state index is -0.521. The molecule has 1 saturated carbocycles. The van der Waals surface area contributed by atoms with Crippen LogP contribution in [0.4, 0.5) is 0 Å². The number of hydrogen-bond donors (Lipinski definition) is 0. The molecule has 4 heteroatoms. The Morgan fingerprint density at radius 1 is 1.54 bits per heavy atom. The summed E-state index contributed by atoms with van der Waals surface area (Å²) in [6, 6.07) is 0. The smallest absolute Gasteiger partial charge is 0.323 e. The second-order valence-electron chi connectivity index (χ2n) is 4.47. The molecule has 0 N–H and O–H groups in total. The monoisotopic (exact) mass is 268 g/mol. The highest BCUT2D eigenvalue weighted by Crippen LogP contribution is 2.44. The maximum Gasteiger partial charge on any atom is 0.323 e. The third-order valence-electron chi connectivity index (χ3n) is 1.85. The van der Waals surface area contributed by atoms with Gasteiger partial charge in [0.1, 0.15) is 9.93 Å². The Kier molecular flexibility index (Phi) is 2.98. The molecule has 0 amide bonds. The Morgan fingerprint density at radius 3 is 2.31 bits per heavy atom. The SMILES string of the molecule is CC(C)(C)OC(=O)C1(Br)CC(Cl)C1. The van der Waals surface area contributed by atoms with Crippen molar-refractivity contribution in [2.45, 2.75) is 48.9 Å². The fraction of sp³-hybridized carbons (Fsp3) is 0.889. The van der Waals surface area contributed by atoms with Crippen molar-refractivity contribution >= 4 is 33.5 Å². The molecule has 0 bridgehead atoms. The Morgan fingerprint density at radius 2 is 2.00 bits per heavy atom. The molecule has 1 rings (SSSR count). The molecule has 0 saturated heterocycles. The van der Waals surface area contributed by atoms with E-state index >= 15 is 0 Å². The molecule has 0 aromatic carbocycles. The summed E-state index contributed by atoms with van der Waals surface area (Å²) in [7, 11) is 0. The van der Waals surface area contributed by atoms with Gasteiger partial charge < -0.3 is 4.74 Å². The lowest BCUT2D eigenvalue weighted by molar-refractivity contribution is -0.159. The van der Waals surface area contributed by atoms with E-state index in [0.29, 0.717) is 12.8 Å². The van der Waals surface area contributed by atoms with E-state index in [-0.39, 0.29) is 11.3 Å². The lowest BCUT2D eigenvalue weighted by Crippen LogP contribution is -2.49. The van der Waals surface area contributed by atoms with Crippen LogP contribution in [-0.4, -0.2) is 21.3 Å². The third-order valence-corrected chi connectivity index (χ3v) is 3.13. The van der Waals surface area contributed by atoms with E-state index in [9.17, 15) is 4.79 Å². The van der Waals surface area contributed by atoms with Gasteiger partial charge in [-0.15, -0.1) is 11.6 Å². The summed E-state index contributed by atoms with van der Waals surface area (Å²) in [5.74, 6) is -0.197. The molecule has 1 fully saturated rings. The van der Waals surface area contributed by atoms with E-state index in [1.165, 1.54) is 0 Å². The summed E-state index contributed by atoms with van der Waals surface area (Å²) in [6.45, 7) is 5.58. The van der Waals surface area contributed by atoms with Crippen LogP contribution in [0.1, 0.15) is 33.6 Å². The number of ether oxygens (including phenoxy) is 1. The van der Waals surface area contributed by atoms with Crippen molar-refractivity contribution in [3.8, 4) is 0 Å². The van der Waals surface area contributed by atoms with Gasteiger partial charge in [0.05, 0.1) is 0 Å². The fourth-order valence-corrected chi connectivity index (χ4v) is 2.94. The molecular formula is C9H14BrClO2. The van der Waals surface area contributed by atoms with Crippen molar-refractivity contribution in [2.24, 2.45) is 0 Å². The summed E-state index contributed by atoms with van der Waals surface area (Å²) >= 11 is 9.18. The molecule has 2 nitrogen and oxygen atoms in total. The Labute approximate surface area is 92.1 Å². The average Bonchev–Trinajstić information content (AvgIpc) is 1.80. The maximum absolute atomic E-state index is 11.6. The predicted molar refractivity (Wildman–Crippen MR) is 56.4 cm³/mol. The Bertz CT molecular complexity index is 216. The van der Waals surface area contributed by atoms with Gasteiger partial charge in [-0.25, -0.2) is 0 Å². The lowest BCUT2D eigenvalue weighted by Gasteiger charge is -2.39. The number of alkyl halides is 2. The van der Waals surface area contributed by atoms with Gasteiger partial charge in [-0.05, 0) is 33.6 Å². The van der Waals surface area contributed by atoms with Crippen molar-refractivity contribution in [1.82, 2.24) is 0 Å². The maximum atomic E-state index is 11.6. The molecule has 0 spiro atoms. The highest BCUT2D eigenvalue weighted by molar-refractivity contribution is 9.10. The predicted octanol–water partition coefficient (Wildman–Crippen LogP) is 2.86. The number of esters is 1. The minimum absolute atomic E-state index is 0.104. The van der Waals surface area contributed by atoms with E-state index in [1.807, 2.05) is 20.8 Å². The van der Waals surface area contributed by atoms with Gasteiger partial charge in [-0.2, -0.15) is 0 Å². The standard InChI is InChI=1S/C9H14BrClO2/c1-8(2,3)13-7(12)9(10)4-6(11)5-9/h6H,4-5H2,1-3H3. The van der Waals surface area contributed by atoms with Crippen LogP contribution in [-0.2, 0) is 9.53 Å². The Hall–Kier alpha value is 0.240. The first kappa shape index (κ1) is 11.3. The van der Waals surface area contributed by atoms with Crippen LogP contribution in [0.15, 0.2) is 0 Å². The number of halogens is 2. The van der Waals surface area contributed by atoms with E-state index in [1.54, 1.807) is 0 Å². The number of carbonyl (C=O) groups excluding carboxylic acids is 1. The van der Waals surface area contributed by atoms with Crippen molar-refractivity contribution in [3.05, 3.63) is 0 Å². The molecule has 13 heavy (non-hydrogen) atoms. The third kappa shape index (κ3) is 2.84. The molecule has 0 aromatic heterocycles. The van der Waals surface area contributed by atoms with Gasteiger partial charge in [0.15, 0.2) is 0 Å². The van der Waals surface area contributed by atoms with Crippen molar-refractivity contribution in [2.75, 3.05) is 0 Å². The average molecular weight is 270 g/mol. The van der Waals surface area contributed by atoms with Gasteiger partial charge in [-0.1, -0.05) is 15.9 Å². The topological polar surface area (TPSA) is 26.3 Å². The number of rotatable bonds is 1. The zero-order valence-corrected chi connectivity index (χ0v) is 10.4. The van der Waals surface area contributed by atoms with Crippen LogP contribution in [0.25, 0.3) is 0 Å². The zero-order valence-electron chi connectivity index (χ0n) is 8.06. The first-order valence-corrected chi connectivity index (χ1v) is 5.52. The quantitative estimate of drug-likeness (QED) is 0.540. The highest BCUT2D eigenvalue weighted by atomic mass is 79.9. The molecule has 1 aliphatic carbocycles. The van der Waals surface area contributed by atoms with Crippen LogP contribution in [0.3, 0.4) is 0 Å². The summed E-state index contributed by atoms with van der Waals surface area (Å²) < 4.78 is 4.73. The molecule has 0 unspecified atom stereocenters. The van der Waals surface area contributed by atoms with Gasteiger partial charge in [0.25, 0.3) is 0 Å². The largest absolute Gasteiger partial charge is 0.459 e. The van der Waals surface area contributed by atoms with Crippen LogP contribution >= 0.6 is 27.5 Å². The van der Waals surface area contributed by atoms with Crippen LogP contribution < -0.4 is 0 Å². The van der Waals surface area contributed by atoms with E-state index < -0.39 is 9.93 Å². The molecule has 0 radical (unpaired) electrons. The van der Waals surface area contributed by atoms with E-state index in [2.05, 4.69) is 15.9 Å². The van der Waals surface area contributed by atoms with Crippen LogP contribution in [0.5, 0.6) is 0 Å². The Balaban J connectivity index is 2.50. The molecular weight excluding hydrogens is 255 g/mol. The van der Waals surface area contributed by atoms with Gasteiger partial charge in [-0.3, -0.25) is 4.79 Å². The first-order valence-electron chi connectivity index (χ1n) is 4.29. The summed E-state index contributed by atoms with van der Waals surface area (Å²) in [4.78, 5) is 11.6. The van der Waals surface area contributed by atoms with Crippen molar-refractivity contribution in [1.29, 1.82) is 0 Å². The van der Waals surface area contributed by atoms with Gasteiger partial charge in [0, 0.05) is 5.38 Å². The molecule has 0 heterocycles. The minimum Gasteiger partial charge on any atom is -0.459 e. The van der Waals surface area contributed by atoms with Crippen molar-refractivity contribution in [3.63, 3.8) is 0 Å². The molecule has 1 aliphatic rings. The lowest BCUT2D eigenvalue weighted by atomic mass is 9.84. The van der Waals surface area contributed by atoms with Crippen molar-refractivity contribution < 1.29 is 9.53 Å². The van der Waals surface area contributed by atoms with Gasteiger partial charge >= 0.3 is 5.97 Å². The van der Waals surface area contributed by atoms with E-state index in [4.69, 9.17) is 16.3 Å². The molecule has 76 valence electrons. The summed E-state index contributed by atoms with van der Waals surface area (Å²) in [5, 5.41) is 0.104. The normalized spacial score (nSPS) is 33.8. The highest BCUT2D eigenvalue weighted by Gasteiger charge is 2.49.